The second-order valence-electron chi connectivity index (χ2n) is 5.81. The van der Waals surface area contributed by atoms with Gasteiger partial charge >= 0.3 is 0 Å². The highest BCUT2D eigenvalue weighted by molar-refractivity contribution is 5.49. The Morgan fingerprint density at radius 3 is 2.95 bits per heavy atom. The zero-order chi connectivity index (χ0) is 14.4. The van der Waals surface area contributed by atoms with Crippen LogP contribution in [-0.2, 0) is 9.47 Å². The van der Waals surface area contributed by atoms with Crippen LogP contribution in [0.4, 0.5) is 5.69 Å². The Kier molecular flexibility index (Phi) is 5.26. The van der Waals surface area contributed by atoms with E-state index in [0.717, 1.165) is 30.9 Å². The monoisotopic (exact) mass is 279 g/mol. The maximum Gasteiger partial charge on any atom is 0.121 e. The molecule has 1 heterocycles. The number of nitrogens with one attached hydrogen (secondary N) is 1. The molecule has 0 saturated carbocycles. The fourth-order valence-corrected chi connectivity index (χ4v) is 2.51. The zero-order valence-corrected chi connectivity index (χ0v) is 12.6. The van der Waals surface area contributed by atoms with Crippen LogP contribution in [0.2, 0.25) is 0 Å². The Labute approximate surface area is 121 Å². The molecule has 2 rings (SSSR count). The fourth-order valence-electron chi connectivity index (χ4n) is 2.51. The molecule has 0 bridgehead atoms. The van der Waals surface area contributed by atoms with Crippen molar-refractivity contribution in [3.8, 4) is 5.75 Å². The third-order valence-corrected chi connectivity index (χ3v) is 3.46. The Bertz CT molecular complexity index is 420. The highest BCUT2D eigenvalue weighted by Gasteiger charge is 2.28. The molecule has 4 heteroatoms. The topological polar surface area (TPSA) is 39.7 Å². The minimum Gasteiger partial charge on any atom is -0.491 e. The summed E-state index contributed by atoms with van der Waals surface area (Å²) < 4.78 is 16.4. The zero-order valence-electron chi connectivity index (χ0n) is 12.6. The second-order valence-corrected chi connectivity index (χ2v) is 5.81. The van der Waals surface area contributed by atoms with E-state index in [1.165, 1.54) is 0 Å². The first-order chi connectivity index (χ1) is 9.59. The van der Waals surface area contributed by atoms with E-state index in [1.54, 1.807) is 7.11 Å². The lowest BCUT2D eigenvalue weighted by atomic mass is 9.94. The molecule has 0 aromatic heterocycles. The first-order valence-corrected chi connectivity index (χ1v) is 7.21. The predicted molar refractivity (Wildman–Crippen MR) is 80.5 cm³/mol. The van der Waals surface area contributed by atoms with Gasteiger partial charge in [-0.2, -0.15) is 0 Å². The summed E-state index contributed by atoms with van der Waals surface area (Å²) in [5.41, 5.74) is 1.06. The summed E-state index contributed by atoms with van der Waals surface area (Å²) in [4.78, 5) is 0. The third kappa shape index (κ3) is 4.69. The van der Waals surface area contributed by atoms with Crippen LogP contribution in [-0.4, -0.2) is 38.6 Å². The molecule has 1 aromatic carbocycles. The van der Waals surface area contributed by atoms with Gasteiger partial charge in [-0.05, 0) is 38.8 Å². The number of benzene rings is 1. The van der Waals surface area contributed by atoms with Crippen LogP contribution in [0, 0.1) is 0 Å². The van der Waals surface area contributed by atoms with Crippen molar-refractivity contribution in [3.05, 3.63) is 24.3 Å². The average molecular weight is 279 g/mol. The van der Waals surface area contributed by atoms with Gasteiger partial charge in [-0.1, -0.05) is 6.07 Å². The first-order valence-electron chi connectivity index (χ1n) is 7.21. The van der Waals surface area contributed by atoms with Crippen LogP contribution in [0.1, 0.15) is 26.7 Å². The molecule has 0 aliphatic carbocycles. The van der Waals surface area contributed by atoms with E-state index >= 15 is 0 Å². The number of hydrogen-bond acceptors (Lipinski definition) is 4. The van der Waals surface area contributed by atoms with Crippen molar-refractivity contribution in [1.29, 1.82) is 0 Å². The number of rotatable bonds is 6. The number of methoxy groups -OCH3 is 1. The molecule has 0 radical (unpaired) electrons. The van der Waals surface area contributed by atoms with Crippen molar-refractivity contribution in [3.63, 3.8) is 0 Å². The molecular formula is C16H25NO3. The van der Waals surface area contributed by atoms with Gasteiger partial charge in [0.15, 0.2) is 0 Å². The Morgan fingerprint density at radius 2 is 2.20 bits per heavy atom. The van der Waals surface area contributed by atoms with Gasteiger partial charge in [-0.15, -0.1) is 0 Å². The van der Waals surface area contributed by atoms with Gasteiger partial charge in [0.1, 0.15) is 12.4 Å². The standard InChI is InChI=1S/C16H25NO3/c1-16(2)12-14(7-8-20-16)17-13-5-4-6-15(11-13)19-10-9-18-3/h4-6,11,14,17H,7-10,12H2,1-3H3. The molecular weight excluding hydrogens is 254 g/mol. The van der Waals surface area contributed by atoms with E-state index < -0.39 is 0 Å². The molecule has 4 nitrogen and oxygen atoms in total. The van der Waals surface area contributed by atoms with Gasteiger partial charge in [0.25, 0.3) is 0 Å². The van der Waals surface area contributed by atoms with Crippen molar-refractivity contribution in [2.75, 3.05) is 32.2 Å². The molecule has 1 N–H and O–H groups in total. The average Bonchev–Trinajstić information content (AvgIpc) is 2.38. The highest BCUT2D eigenvalue weighted by Crippen LogP contribution is 2.27. The quantitative estimate of drug-likeness (QED) is 0.812. The van der Waals surface area contributed by atoms with Crippen molar-refractivity contribution in [2.24, 2.45) is 0 Å². The molecule has 0 amide bonds. The molecule has 0 spiro atoms. The SMILES string of the molecule is COCCOc1cccc(NC2CCOC(C)(C)C2)c1. The largest absolute Gasteiger partial charge is 0.491 e. The molecule has 1 unspecified atom stereocenters. The van der Waals surface area contributed by atoms with Crippen molar-refractivity contribution in [1.82, 2.24) is 0 Å². The third-order valence-electron chi connectivity index (χ3n) is 3.46. The maximum absolute atomic E-state index is 5.74. The molecule has 1 atom stereocenters. The minimum absolute atomic E-state index is 0.0392. The van der Waals surface area contributed by atoms with Crippen LogP contribution in [0.15, 0.2) is 24.3 Å². The normalized spacial score (nSPS) is 21.4. The highest BCUT2D eigenvalue weighted by atomic mass is 16.5. The van der Waals surface area contributed by atoms with E-state index in [1.807, 2.05) is 18.2 Å². The lowest BCUT2D eigenvalue weighted by molar-refractivity contribution is -0.0553. The summed E-state index contributed by atoms with van der Waals surface area (Å²) in [5.74, 6) is 0.873. The van der Waals surface area contributed by atoms with E-state index in [4.69, 9.17) is 14.2 Å². The predicted octanol–water partition coefficient (Wildman–Crippen LogP) is 3.08. The molecule has 1 aliphatic rings. The second kappa shape index (κ2) is 6.95. The van der Waals surface area contributed by atoms with Gasteiger partial charge in [0.05, 0.1) is 12.2 Å². The maximum atomic E-state index is 5.74. The summed E-state index contributed by atoms with van der Waals surface area (Å²) >= 11 is 0. The summed E-state index contributed by atoms with van der Waals surface area (Å²) in [7, 11) is 1.67. The summed E-state index contributed by atoms with van der Waals surface area (Å²) in [6, 6.07) is 8.54. The van der Waals surface area contributed by atoms with Gasteiger partial charge in [-0.3, -0.25) is 0 Å². The molecule has 1 saturated heterocycles. The summed E-state index contributed by atoms with van der Waals surface area (Å²) in [6.07, 6.45) is 2.06. The Hall–Kier alpha value is -1.26. The van der Waals surface area contributed by atoms with E-state index in [-0.39, 0.29) is 5.60 Å². The molecule has 1 aromatic rings. The van der Waals surface area contributed by atoms with E-state index in [2.05, 4.69) is 25.2 Å². The lowest BCUT2D eigenvalue weighted by Gasteiger charge is -2.36. The molecule has 1 fully saturated rings. The van der Waals surface area contributed by atoms with Crippen molar-refractivity contribution < 1.29 is 14.2 Å². The van der Waals surface area contributed by atoms with Crippen molar-refractivity contribution >= 4 is 5.69 Å². The van der Waals surface area contributed by atoms with Gasteiger partial charge in [0.2, 0.25) is 0 Å². The number of anilines is 1. The smallest absolute Gasteiger partial charge is 0.121 e. The van der Waals surface area contributed by atoms with Gasteiger partial charge in [-0.25, -0.2) is 0 Å². The minimum atomic E-state index is -0.0392. The Balaban J connectivity index is 1.90. The number of hydrogen-bond donors (Lipinski definition) is 1. The molecule has 1 aliphatic heterocycles. The first kappa shape index (κ1) is 15.1. The van der Waals surface area contributed by atoms with E-state index in [0.29, 0.717) is 19.3 Å². The molecule has 112 valence electrons. The van der Waals surface area contributed by atoms with Crippen LogP contribution >= 0.6 is 0 Å². The van der Waals surface area contributed by atoms with Crippen LogP contribution in [0.3, 0.4) is 0 Å². The summed E-state index contributed by atoms with van der Waals surface area (Å²) in [5, 5.41) is 3.58. The lowest BCUT2D eigenvalue weighted by Crippen LogP contribution is -2.40. The fraction of sp³-hybridized carbons (Fsp3) is 0.625. The van der Waals surface area contributed by atoms with Gasteiger partial charge in [0, 0.05) is 31.5 Å². The summed E-state index contributed by atoms with van der Waals surface area (Å²) in [6.45, 7) is 6.28. The van der Waals surface area contributed by atoms with E-state index in [9.17, 15) is 0 Å². The van der Waals surface area contributed by atoms with Crippen LogP contribution in [0.5, 0.6) is 5.75 Å². The van der Waals surface area contributed by atoms with Crippen LogP contribution in [0.25, 0.3) is 0 Å². The van der Waals surface area contributed by atoms with Crippen molar-refractivity contribution in [2.45, 2.75) is 38.3 Å². The Morgan fingerprint density at radius 1 is 1.35 bits per heavy atom. The van der Waals surface area contributed by atoms with Gasteiger partial charge < -0.3 is 19.5 Å². The molecule has 20 heavy (non-hydrogen) atoms. The number of ether oxygens (including phenoxy) is 3. The van der Waals surface area contributed by atoms with Crippen LogP contribution < -0.4 is 10.1 Å².